The van der Waals surface area contributed by atoms with Crippen LogP contribution in [0.3, 0.4) is 0 Å². The molecule has 0 saturated heterocycles. The molecule has 0 fully saturated rings. The lowest BCUT2D eigenvalue weighted by molar-refractivity contribution is -0.384. The number of aryl methyl sites for hydroxylation is 2. The van der Waals surface area contributed by atoms with E-state index in [1.165, 1.54) is 12.1 Å². The minimum atomic E-state index is -0.715. The van der Waals surface area contributed by atoms with Crippen LogP contribution in [-0.4, -0.2) is 30.0 Å². The van der Waals surface area contributed by atoms with E-state index in [1.807, 2.05) is 26.0 Å². The summed E-state index contributed by atoms with van der Waals surface area (Å²) in [7, 11) is 0. The van der Waals surface area contributed by atoms with Crippen LogP contribution in [0, 0.1) is 24.0 Å². The summed E-state index contributed by atoms with van der Waals surface area (Å²) in [5, 5.41) is 13.6. The topological polar surface area (TPSA) is 108 Å². The highest BCUT2D eigenvalue weighted by atomic mass is 16.6. The molecule has 8 nitrogen and oxygen atoms in total. The molecule has 2 rings (SSSR count). The van der Waals surface area contributed by atoms with E-state index in [0.29, 0.717) is 5.75 Å². The largest absolute Gasteiger partial charge is 0.482 e. The molecule has 0 heterocycles. The van der Waals surface area contributed by atoms with Crippen molar-refractivity contribution in [3.63, 3.8) is 0 Å². The number of hydrogen-bond donors (Lipinski definition) is 1. The van der Waals surface area contributed by atoms with Crippen molar-refractivity contribution in [1.29, 1.82) is 0 Å². The molecule has 0 aromatic heterocycles. The molecule has 8 heteroatoms. The Hall–Kier alpha value is -3.42. The van der Waals surface area contributed by atoms with E-state index in [2.05, 4.69) is 5.32 Å². The van der Waals surface area contributed by atoms with Crippen molar-refractivity contribution in [3.05, 3.63) is 63.2 Å². The smallest absolute Gasteiger partial charge is 0.344 e. The van der Waals surface area contributed by atoms with Crippen LogP contribution < -0.4 is 10.1 Å². The molecule has 2 aromatic carbocycles. The van der Waals surface area contributed by atoms with Gasteiger partial charge in [-0.2, -0.15) is 0 Å². The number of esters is 1. The molecular formula is C21H24N2O6. The minimum Gasteiger partial charge on any atom is -0.482 e. The number of benzene rings is 2. The van der Waals surface area contributed by atoms with Crippen molar-refractivity contribution in [1.82, 2.24) is 0 Å². The average molecular weight is 400 g/mol. The lowest BCUT2D eigenvalue weighted by Gasteiger charge is -2.13. The number of hydrogen-bond acceptors (Lipinski definition) is 6. The standard InChI is InChI=1S/C21H24N2O6/c1-13(2)16-7-5-6-8-19(16)28-12-21(25)29-11-20(24)22-17-9-14(3)15(4)10-18(17)23(26)27/h5-10,13H,11-12H2,1-4H3,(H,22,24). The van der Waals surface area contributed by atoms with Crippen LogP contribution in [0.5, 0.6) is 5.75 Å². The number of anilines is 1. The van der Waals surface area contributed by atoms with E-state index in [9.17, 15) is 19.7 Å². The molecule has 2 aromatic rings. The molecule has 0 unspecified atom stereocenters. The second kappa shape index (κ2) is 9.68. The van der Waals surface area contributed by atoms with Gasteiger partial charge in [-0.25, -0.2) is 4.79 Å². The van der Waals surface area contributed by atoms with Crippen molar-refractivity contribution in [2.45, 2.75) is 33.6 Å². The number of nitrogens with one attached hydrogen (secondary N) is 1. The van der Waals surface area contributed by atoms with Gasteiger partial charge in [0.05, 0.1) is 4.92 Å². The van der Waals surface area contributed by atoms with E-state index in [4.69, 9.17) is 9.47 Å². The Morgan fingerprint density at radius 2 is 1.76 bits per heavy atom. The van der Waals surface area contributed by atoms with E-state index in [0.717, 1.165) is 16.7 Å². The molecule has 29 heavy (non-hydrogen) atoms. The van der Waals surface area contributed by atoms with Crippen LogP contribution in [-0.2, 0) is 14.3 Å². The Morgan fingerprint density at radius 1 is 1.10 bits per heavy atom. The molecule has 154 valence electrons. The molecule has 0 atom stereocenters. The molecule has 0 aliphatic carbocycles. The number of rotatable bonds is 8. The molecule has 1 amide bonds. The first-order chi connectivity index (χ1) is 13.7. The van der Waals surface area contributed by atoms with Crippen LogP contribution in [0.25, 0.3) is 0 Å². The Balaban J connectivity index is 1.91. The zero-order valence-corrected chi connectivity index (χ0v) is 16.9. The summed E-state index contributed by atoms with van der Waals surface area (Å²) in [4.78, 5) is 34.6. The maximum Gasteiger partial charge on any atom is 0.344 e. The average Bonchev–Trinajstić information content (AvgIpc) is 2.67. The Labute approximate surface area is 169 Å². The van der Waals surface area contributed by atoms with E-state index < -0.39 is 23.4 Å². The molecular weight excluding hydrogens is 376 g/mol. The van der Waals surface area contributed by atoms with Crippen molar-refractivity contribution < 1.29 is 24.0 Å². The summed E-state index contributed by atoms with van der Waals surface area (Å²) in [6.07, 6.45) is 0. The van der Waals surface area contributed by atoms with E-state index in [-0.39, 0.29) is 23.9 Å². The highest BCUT2D eigenvalue weighted by Gasteiger charge is 2.18. The highest BCUT2D eigenvalue weighted by Crippen LogP contribution is 2.28. The Kier molecular flexibility index (Phi) is 7.30. The minimum absolute atomic E-state index is 0.0567. The van der Waals surface area contributed by atoms with Crippen molar-refractivity contribution in [2.75, 3.05) is 18.5 Å². The van der Waals surface area contributed by atoms with Gasteiger partial charge in [0.15, 0.2) is 13.2 Å². The first-order valence-electron chi connectivity index (χ1n) is 9.12. The number of carbonyl (C=O) groups excluding carboxylic acids is 2. The number of nitro groups is 1. The van der Waals surface area contributed by atoms with Crippen molar-refractivity contribution in [3.8, 4) is 5.75 Å². The van der Waals surface area contributed by atoms with Crippen molar-refractivity contribution in [2.24, 2.45) is 0 Å². The molecule has 0 bridgehead atoms. The lowest BCUT2D eigenvalue weighted by Crippen LogP contribution is -2.24. The van der Waals surface area contributed by atoms with Gasteiger partial charge in [0.25, 0.3) is 11.6 Å². The molecule has 1 N–H and O–H groups in total. The maximum atomic E-state index is 12.1. The molecule has 0 aliphatic rings. The van der Waals surface area contributed by atoms with Gasteiger partial charge in [-0.15, -0.1) is 0 Å². The summed E-state index contributed by atoms with van der Waals surface area (Å²) in [5.74, 6) is -0.586. The molecule has 0 saturated carbocycles. The lowest BCUT2D eigenvalue weighted by atomic mass is 10.0. The first-order valence-corrected chi connectivity index (χ1v) is 9.12. The van der Waals surface area contributed by atoms with Crippen LogP contribution in [0.2, 0.25) is 0 Å². The number of amides is 1. The molecule has 0 spiro atoms. The fraction of sp³-hybridized carbons (Fsp3) is 0.333. The normalized spacial score (nSPS) is 10.5. The third-order valence-corrected chi connectivity index (χ3v) is 4.33. The van der Waals surface area contributed by atoms with Gasteiger partial charge >= 0.3 is 5.97 Å². The predicted octanol–water partition coefficient (Wildman–Crippen LogP) is 3.90. The summed E-state index contributed by atoms with van der Waals surface area (Å²) in [5.41, 5.74) is 2.32. The van der Waals surface area contributed by atoms with Gasteiger partial charge in [-0.1, -0.05) is 32.0 Å². The van der Waals surface area contributed by atoms with Gasteiger partial charge in [0.2, 0.25) is 0 Å². The zero-order valence-electron chi connectivity index (χ0n) is 16.9. The van der Waals surface area contributed by atoms with Crippen LogP contribution in [0.15, 0.2) is 36.4 Å². The van der Waals surface area contributed by atoms with Crippen LogP contribution >= 0.6 is 0 Å². The number of nitro benzene ring substituents is 1. The quantitative estimate of drug-likeness (QED) is 0.409. The molecule has 0 aliphatic heterocycles. The van der Waals surface area contributed by atoms with E-state index >= 15 is 0 Å². The number of carbonyl (C=O) groups is 2. The summed E-state index contributed by atoms with van der Waals surface area (Å²) in [6.45, 7) is 6.63. The van der Waals surface area contributed by atoms with Gasteiger partial charge in [-0.05, 0) is 48.6 Å². The molecule has 0 radical (unpaired) electrons. The number of nitrogens with zero attached hydrogens (tertiary/aromatic N) is 1. The summed E-state index contributed by atoms with van der Waals surface area (Å²) < 4.78 is 10.4. The summed E-state index contributed by atoms with van der Waals surface area (Å²) in [6, 6.07) is 10.3. The van der Waals surface area contributed by atoms with Crippen molar-refractivity contribution >= 4 is 23.3 Å². The summed E-state index contributed by atoms with van der Waals surface area (Å²) >= 11 is 0. The third-order valence-electron chi connectivity index (χ3n) is 4.33. The second-order valence-corrected chi connectivity index (χ2v) is 6.90. The van der Waals surface area contributed by atoms with Crippen LogP contribution in [0.1, 0.15) is 36.5 Å². The number of para-hydroxylation sites is 1. The Bertz CT molecular complexity index is 923. The van der Waals surface area contributed by atoms with Crippen LogP contribution in [0.4, 0.5) is 11.4 Å². The zero-order chi connectivity index (χ0) is 21.6. The fourth-order valence-corrected chi connectivity index (χ4v) is 2.65. The fourth-order valence-electron chi connectivity index (χ4n) is 2.65. The monoisotopic (exact) mass is 400 g/mol. The Morgan fingerprint density at radius 3 is 2.41 bits per heavy atom. The van der Waals surface area contributed by atoms with Gasteiger partial charge < -0.3 is 14.8 Å². The second-order valence-electron chi connectivity index (χ2n) is 6.90. The SMILES string of the molecule is Cc1cc(NC(=O)COC(=O)COc2ccccc2C(C)C)c([N+](=O)[O-])cc1C. The van der Waals surface area contributed by atoms with Gasteiger partial charge in [0.1, 0.15) is 11.4 Å². The number of ether oxygens (including phenoxy) is 2. The third kappa shape index (κ3) is 6.03. The predicted molar refractivity (Wildman–Crippen MR) is 108 cm³/mol. The first kappa shape index (κ1) is 21.9. The highest BCUT2D eigenvalue weighted by molar-refractivity contribution is 5.95. The maximum absolute atomic E-state index is 12.1. The van der Waals surface area contributed by atoms with E-state index in [1.54, 1.807) is 26.0 Å². The van der Waals surface area contributed by atoms with Gasteiger partial charge in [0, 0.05) is 6.07 Å². The van der Waals surface area contributed by atoms with Gasteiger partial charge in [-0.3, -0.25) is 14.9 Å².